The van der Waals surface area contributed by atoms with Gasteiger partial charge in [-0.15, -0.1) is 0 Å². The van der Waals surface area contributed by atoms with E-state index in [1.807, 2.05) is 0 Å². The highest BCUT2D eigenvalue weighted by Crippen LogP contribution is 2.60. The van der Waals surface area contributed by atoms with Gasteiger partial charge in [-0.05, 0) is 67.6 Å². The van der Waals surface area contributed by atoms with Gasteiger partial charge in [0.1, 0.15) is 22.8 Å². The molecule has 280 valence electrons. The first kappa shape index (κ1) is 36.1. The fourth-order valence-electron chi connectivity index (χ4n) is 7.00. The monoisotopic (exact) mass is 747 g/mol. The van der Waals surface area contributed by atoms with Crippen LogP contribution in [0.25, 0.3) is 28.1 Å². The third kappa shape index (κ3) is 6.28. The molecule has 1 unspecified atom stereocenters. The van der Waals surface area contributed by atoms with Crippen LogP contribution in [0.5, 0.6) is 0 Å². The van der Waals surface area contributed by atoms with Crippen molar-refractivity contribution < 1.29 is 46.1 Å². The van der Waals surface area contributed by atoms with Crippen LogP contribution in [0.3, 0.4) is 0 Å². The van der Waals surface area contributed by atoms with Crippen LogP contribution in [0.15, 0.2) is 67.1 Å². The number of hydrogen-bond acceptors (Lipinski definition) is 8. The summed E-state index contributed by atoms with van der Waals surface area (Å²) in [6.07, 6.45) is -1.49. The number of nitrogens with one attached hydrogen (secondary N) is 3. The Labute approximate surface area is 304 Å². The second-order valence-electron chi connectivity index (χ2n) is 13.9. The smallest absolute Gasteiger partial charge is 0.419 e. The number of imidazole rings is 1. The van der Waals surface area contributed by atoms with Crippen molar-refractivity contribution in [1.82, 2.24) is 19.7 Å². The summed E-state index contributed by atoms with van der Waals surface area (Å²) in [6, 6.07) is 11.2. The third-order valence-electron chi connectivity index (χ3n) is 10.1. The number of rotatable bonds is 5. The topological polar surface area (TPSA) is 167 Å². The average Bonchev–Trinajstić information content (AvgIpc) is 3.41. The van der Waals surface area contributed by atoms with Crippen molar-refractivity contribution in [2.24, 2.45) is 11.3 Å². The molecule has 54 heavy (non-hydrogen) atoms. The molecule has 13 nitrogen and oxygen atoms in total. The normalized spacial score (nSPS) is 19.0. The molecule has 2 aromatic carbocycles. The van der Waals surface area contributed by atoms with Gasteiger partial charge in [0.05, 0.1) is 37.4 Å². The number of esters is 1. The number of aromatic amines is 1. The zero-order chi connectivity index (χ0) is 38.7. The van der Waals surface area contributed by atoms with Gasteiger partial charge in [0.25, 0.3) is 0 Å². The number of halogens is 4. The van der Waals surface area contributed by atoms with Crippen molar-refractivity contribution in [2.75, 3.05) is 24.9 Å². The lowest BCUT2D eigenvalue weighted by molar-refractivity contribution is -0.615. The van der Waals surface area contributed by atoms with E-state index in [9.17, 15) is 37.2 Å². The van der Waals surface area contributed by atoms with Crippen molar-refractivity contribution >= 4 is 29.3 Å². The Balaban J connectivity index is 1.37. The molecule has 4 heterocycles. The SMILES string of the molecule is COC(=O)Nc1ccc2c(c1)NC(=O)C(C)(C)CC[C@@H]1CC1(c1ccc(-c3cc(F)ccc3-n3cc(C(F)(F)F)cn3)c[n+]1[O-])c1nc-2c(C(=O)OC)[nH]1. The Morgan fingerprint density at radius 3 is 2.54 bits per heavy atom. The van der Waals surface area contributed by atoms with E-state index in [4.69, 9.17) is 14.5 Å². The Kier molecular flexibility index (Phi) is 8.69. The molecule has 1 fully saturated rings. The van der Waals surface area contributed by atoms with E-state index >= 15 is 0 Å². The first-order valence-electron chi connectivity index (χ1n) is 16.7. The van der Waals surface area contributed by atoms with Crippen molar-refractivity contribution in [3.05, 3.63) is 101 Å². The van der Waals surface area contributed by atoms with Crippen molar-refractivity contribution in [3.63, 3.8) is 0 Å². The molecule has 0 radical (unpaired) electrons. The van der Waals surface area contributed by atoms with Gasteiger partial charge in [-0.2, -0.15) is 23.0 Å². The van der Waals surface area contributed by atoms with E-state index in [-0.39, 0.29) is 57.2 Å². The van der Waals surface area contributed by atoms with Gasteiger partial charge in [-0.3, -0.25) is 10.1 Å². The van der Waals surface area contributed by atoms with E-state index in [0.29, 0.717) is 41.4 Å². The Morgan fingerprint density at radius 1 is 1.07 bits per heavy atom. The lowest BCUT2D eigenvalue weighted by Crippen LogP contribution is -2.38. The molecule has 1 aliphatic carbocycles. The van der Waals surface area contributed by atoms with Crippen molar-refractivity contribution in [2.45, 2.75) is 44.7 Å². The van der Waals surface area contributed by atoms with Gasteiger partial charge in [-0.25, -0.2) is 23.6 Å². The van der Waals surface area contributed by atoms with Crippen molar-refractivity contribution in [3.8, 4) is 28.1 Å². The summed E-state index contributed by atoms with van der Waals surface area (Å²) in [6.45, 7) is 3.57. The molecule has 3 aromatic heterocycles. The first-order valence-corrected chi connectivity index (χ1v) is 16.7. The summed E-state index contributed by atoms with van der Waals surface area (Å²) in [5.74, 6) is -1.72. The maximum Gasteiger partial charge on any atom is 0.419 e. The van der Waals surface area contributed by atoms with E-state index < -0.39 is 40.4 Å². The predicted molar refractivity (Wildman–Crippen MR) is 185 cm³/mol. The van der Waals surface area contributed by atoms with Crippen LogP contribution >= 0.6 is 0 Å². The number of ether oxygens (including phenoxy) is 2. The second kappa shape index (κ2) is 13.0. The van der Waals surface area contributed by atoms with Crippen LogP contribution in [0.4, 0.5) is 33.7 Å². The summed E-state index contributed by atoms with van der Waals surface area (Å²) in [5, 5.41) is 23.4. The highest BCUT2D eigenvalue weighted by molar-refractivity contribution is 6.02. The first-order chi connectivity index (χ1) is 25.5. The number of methoxy groups -OCH3 is 2. The number of aromatic nitrogens is 5. The molecule has 2 bridgehead atoms. The molecule has 2 atom stereocenters. The van der Waals surface area contributed by atoms with E-state index in [2.05, 4.69) is 20.7 Å². The third-order valence-corrected chi connectivity index (χ3v) is 10.1. The zero-order valence-corrected chi connectivity index (χ0v) is 29.3. The highest BCUT2D eigenvalue weighted by atomic mass is 19.4. The number of H-pyrrole nitrogens is 1. The molecular formula is C37H33F4N7O6. The lowest BCUT2D eigenvalue weighted by Gasteiger charge is -2.25. The minimum atomic E-state index is -4.66. The maximum atomic E-state index is 14.6. The average molecular weight is 748 g/mol. The minimum absolute atomic E-state index is 0.0453. The zero-order valence-electron chi connectivity index (χ0n) is 29.3. The Hall–Kier alpha value is -6.26. The van der Waals surface area contributed by atoms with Crippen LogP contribution in [0.1, 0.15) is 60.7 Å². The number of pyridine rings is 1. The molecule has 3 N–H and O–H groups in total. The number of carbonyl (C=O) groups excluding carboxylic acids is 3. The number of hydrogen-bond donors (Lipinski definition) is 3. The molecule has 1 saturated carbocycles. The molecule has 1 aliphatic heterocycles. The van der Waals surface area contributed by atoms with Crippen LogP contribution in [-0.2, 0) is 25.9 Å². The lowest BCUT2D eigenvalue weighted by atomic mass is 9.83. The van der Waals surface area contributed by atoms with Crippen LogP contribution < -0.4 is 15.4 Å². The minimum Gasteiger partial charge on any atom is -0.618 e. The molecule has 2 aliphatic rings. The fourth-order valence-corrected chi connectivity index (χ4v) is 7.00. The maximum absolute atomic E-state index is 14.6. The largest absolute Gasteiger partial charge is 0.618 e. The van der Waals surface area contributed by atoms with Gasteiger partial charge in [0.15, 0.2) is 11.9 Å². The Bertz CT molecular complexity index is 2340. The molecule has 17 heteroatoms. The van der Waals surface area contributed by atoms with Gasteiger partial charge >= 0.3 is 18.2 Å². The summed E-state index contributed by atoms with van der Waals surface area (Å²) in [4.78, 5) is 47.0. The second-order valence-corrected chi connectivity index (χ2v) is 13.9. The van der Waals surface area contributed by atoms with E-state index in [1.165, 1.54) is 32.5 Å². The molecular weight excluding hydrogens is 714 g/mol. The molecule has 0 spiro atoms. The van der Waals surface area contributed by atoms with Crippen LogP contribution in [0, 0.1) is 22.4 Å². The summed E-state index contributed by atoms with van der Waals surface area (Å²) >= 11 is 0. The quantitative estimate of drug-likeness (QED) is 0.0769. The molecule has 0 saturated heterocycles. The number of amides is 2. The number of fused-ring (bicyclic) bond motifs is 6. The van der Waals surface area contributed by atoms with Crippen LogP contribution in [0.2, 0.25) is 0 Å². The standard InChI is InChI=1S/C37H33F4N7O6/c1-35(2)12-11-20-15-36(20,28-10-5-19(17-48(28)52)25-13-22(38)6-9-27(25)47-18-21(16-42-47)37(39,40)41)32-45-29(30(46-32)31(49)53-3)24-8-7-23(43-34(51)54-4)14-26(24)44-33(35)50/h5-10,13-14,16-18,20H,11-12,15H2,1-4H3,(H,43,51)(H,44,50)(H,45,46)/t20-,36?/m1/s1. The Morgan fingerprint density at radius 2 is 1.85 bits per heavy atom. The summed E-state index contributed by atoms with van der Waals surface area (Å²) < 4.78 is 66.1. The van der Waals surface area contributed by atoms with Crippen LogP contribution in [-0.4, -0.2) is 51.9 Å². The molecule has 2 amide bonds. The summed E-state index contributed by atoms with van der Waals surface area (Å²) in [5.41, 5.74) is -1.40. The van der Waals surface area contributed by atoms with Gasteiger partial charge < -0.3 is 25.0 Å². The van der Waals surface area contributed by atoms with E-state index in [1.54, 1.807) is 38.1 Å². The van der Waals surface area contributed by atoms with Gasteiger partial charge in [0.2, 0.25) is 11.6 Å². The van der Waals surface area contributed by atoms with Crippen molar-refractivity contribution in [1.29, 1.82) is 0 Å². The number of alkyl halides is 3. The number of nitrogens with zero attached hydrogens (tertiary/aromatic N) is 4. The predicted octanol–water partition coefficient (Wildman–Crippen LogP) is 6.75. The number of benzene rings is 2. The molecule has 5 aromatic rings. The number of carbonyl (C=O) groups is 3. The van der Waals surface area contributed by atoms with Gasteiger partial charge in [-0.1, -0.05) is 13.8 Å². The molecule has 7 rings (SSSR count). The van der Waals surface area contributed by atoms with E-state index in [0.717, 1.165) is 23.0 Å². The highest BCUT2D eigenvalue weighted by Gasteiger charge is 2.63. The van der Waals surface area contributed by atoms with Gasteiger partial charge in [0, 0.05) is 40.1 Å². The fraction of sp³-hybridized carbons (Fsp3) is 0.297. The number of anilines is 2. The summed E-state index contributed by atoms with van der Waals surface area (Å²) in [7, 11) is 2.40.